The monoisotopic (exact) mass is 236 g/mol. The van der Waals surface area contributed by atoms with Gasteiger partial charge in [-0.1, -0.05) is 13.8 Å². The van der Waals surface area contributed by atoms with Gasteiger partial charge in [-0.25, -0.2) is 4.39 Å². The van der Waals surface area contributed by atoms with Crippen molar-refractivity contribution >= 4 is 5.69 Å². The number of rotatable bonds is 5. The number of hydrogen-bond donors (Lipinski definition) is 2. The Bertz CT molecular complexity index is 424. The van der Waals surface area contributed by atoms with E-state index in [2.05, 4.69) is 11.4 Å². The van der Waals surface area contributed by atoms with Crippen LogP contribution in [0.4, 0.5) is 10.1 Å². The Hall–Kier alpha value is -1.76. The molecule has 0 fully saturated rings. The molecule has 0 heterocycles. The second-order valence-electron chi connectivity index (χ2n) is 4.84. The third-order valence-electron chi connectivity index (χ3n) is 2.63. The van der Waals surface area contributed by atoms with Gasteiger partial charge in [-0.05, 0) is 24.0 Å². The molecule has 0 spiro atoms. The molecule has 1 rings (SSSR count). The van der Waals surface area contributed by atoms with Crippen molar-refractivity contribution in [2.45, 2.75) is 26.7 Å². The summed E-state index contributed by atoms with van der Waals surface area (Å²) in [6, 6.07) is 6.32. The van der Waals surface area contributed by atoms with Crippen LogP contribution < -0.4 is 5.32 Å². The zero-order valence-electron chi connectivity index (χ0n) is 10.1. The highest BCUT2D eigenvalue weighted by atomic mass is 19.1. The summed E-state index contributed by atoms with van der Waals surface area (Å²) in [4.78, 5) is 0. The number of phenols is 1. The average Bonchev–Trinajstić information content (AvgIpc) is 2.28. The molecule has 0 saturated carbocycles. The quantitative estimate of drug-likeness (QED) is 0.771. The van der Waals surface area contributed by atoms with Crippen LogP contribution in [-0.4, -0.2) is 11.7 Å². The minimum atomic E-state index is -0.634. The number of benzene rings is 1. The first-order valence-electron chi connectivity index (χ1n) is 5.54. The smallest absolute Gasteiger partial charge is 0.166 e. The number of phenolic OH excluding ortho intramolecular Hbond substituents is 1. The summed E-state index contributed by atoms with van der Waals surface area (Å²) in [6.45, 7) is 4.75. The molecular formula is C13H17FN2O. The molecule has 3 nitrogen and oxygen atoms in total. The number of nitrogens with one attached hydrogen (secondary N) is 1. The summed E-state index contributed by atoms with van der Waals surface area (Å²) < 4.78 is 13.1. The third-order valence-corrected chi connectivity index (χ3v) is 2.63. The lowest BCUT2D eigenvalue weighted by Crippen LogP contribution is -2.22. The summed E-state index contributed by atoms with van der Waals surface area (Å²) in [5.41, 5.74) is 0.606. The van der Waals surface area contributed by atoms with Crippen molar-refractivity contribution < 1.29 is 9.50 Å². The molecule has 0 unspecified atom stereocenters. The summed E-state index contributed by atoms with van der Waals surface area (Å²) in [6.07, 6.45) is 1.30. The third kappa shape index (κ3) is 4.31. The Morgan fingerprint density at radius 3 is 2.76 bits per heavy atom. The van der Waals surface area contributed by atoms with Crippen molar-refractivity contribution in [2.24, 2.45) is 5.41 Å². The van der Waals surface area contributed by atoms with Crippen molar-refractivity contribution in [2.75, 3.05) is 11.9 Å². The first kappa shape index (κ1) is 13.3. The van der Waals surface area contributed by atoms with Gasteiger partial charge in [0.2, 0.25) is 0 Å². The van der Waals surface area contributed by atoms with Crippen LogP contribution in [0.2, 0.25) is 0 Å². The van der Waals surface area contributed by atoms with Gasteiger partial charge in [0, 0.05) is 24.7 Å². The van der Waals surface area contributed by atoms with E-state index in [1.165, 1.54) is 12.1 Å². The summed E-state index contributed by atoms with van der Waals surface area (Å²) in [7, 11) is 0. The van der Waals surface area contributed by atoms with Crippen LogP contribution in [0.1, 0.15) is 26.7 Å². The highest BCUT2D eigenvalue weighted by molar-refractivity contribution is 5.46. The Morgan fingerprint density at radius 2 is 2.18 bits per heavy atom. The second kappa shape index (κ2) is 5.53. The van der Waals surface area contributed by atoms with Gasteiger partial charge in [-0.3, -0.25) is 0 Å². The zero-order valence-corrected chi connectivity index (χ0v) is 10.1. The van der Waals surface area contributed by atoms with E-state index < -0.39 is 5.82 Å². The lowest BCUT2D eigenvalue weighted by Gasteiger charge is -2.24. The Labute approximate surface area is 101 Å². The zero-order chi connectivity index (χ0) is 12.9. The van der Waals surface area contributed by atoms with Crippen molar-refractivity contribution in [1.82, 2.24) is 0 Å². The Balaban J connectivity index is 2.55. The molecule has 2 N–H and O–H groups in total. The van der Waals surface area contributed by atoms with E-state index in [0.29, 0.717) is 18.7 Å². The molecule has 4 heteroatoms. The average molecular weight is 236 g/mol. The van der Waals surface area contributed by atoms with Gasteiger partial charge in [0.15, 0.2) is 11.6 Å². The molecule has 0 aliphatic heterocycles. The number of hydrogen-bond acceptors (Lipinski definition) is 3. The lowest BCUT2D eigenvalue weighted by atomic mass is 9.88. The van der Waals surface area contributed by atoms with E-state index in [9.17, 15) is 4.39 Å². The number of nitrogens with zero attached hydrogens (tertiary/aromatic N) is 1. The SMILES string of the molecule is CC(C)(CCC#N)CNc1ccc(O)c(F)c1. The fourth-order valence-corrected chi connectivity index (χ4v) is 1.44. The highest BCUT2D eigenvalue weighted by Crippen LogP contribution is 2.24. The molecule has 1 aromatic rings. The summed E-state index contributed by atoms with van der Waals surface area (Å²) in [5.74, 6) is -0.982. The molecule has 92 valence electrons. The van der Waals surface area contributed by atoms with Crippen molar-refractivity contribution in [3.05, 3.63) is 24.0 Å². The standard InChI is InChI=1S/C13H17FN2O/c1-13(2,6-3-7-15)9-16-10-4-5-12(17)11(14)8-10/h4-5,8,16-17H,3,6,9H2,1-2H3. The van der Waals surface area contributed by atoms with Crippen molar-refractivity contribution in [1.29, 1.82) is 5.26 Å². The number of anilines is 1. The number of aromatic hydroxyl groups is 1. The molecule has 0 aromatic heterocycles. The van der Waals surface area contributed by atoms with Gasteiger partial charge < -0.3 is 10.4 Å². The molecular weight excluding hydrogens is 219 g/mol. The summed E-state index contributed by atoms with van der Waals surface area (Å²) in [5, 5.41) is 20.7. The minimum Gasteiger partial charge on any atom is -0.505 e. The van der Waals surface area contributed by atoms with Crippen molar-refractivity contribution in [3.63, 3.8) is 0 Å². The molecule has 0 radical (unpaired) electrons. The predicted molar refractivity (Wildman–Crippen MR) is 65.2 cm³/mol. The van der Waals surface area contributed by atoms with Gasteiger partial charge in [0.25, 0.3) is 0 Å². The molecule has 17 heavy (non-hydrogen) atoms. The Morgan fingerprint density at radius 1 is 1.47 bits per heavy atom. The first-order valence-corrected chi connectivity index (χ1v) is 5.54. The van der Waals surface area contributed by atoms with Gasteiger partial charge in [0.1, 0.15) is 0 Å². The van der Waals surface area contributed by atoms with E-state index in [1.807, 2.05) is 13.8 Å². The van der Waals surface area contributed by atoms with E-state index in [1.54, 1.807) is 6.07 Å². The van der Waals surface area contributed by atoms with Crippen molar-refractivity contribution in [3.8, 4) is 11.8 Å². The highest BCUT2D eigenvalue weighted by Gasteiger charge is 2.17. The van der Waals surface area contributed by atoms with Crippen LogP contribution in [0.15, 0.2) is 18.2 Å². The molecule has 0 aliphatic rings. The van der Waals surface area contributed by atoms with E-state index in [4.69, 9.17) is 10.4 Å². The molecule has 0 aliphatic carbocycles. The van der Waals surface area contributed by atoms with Crippen LogP contribution in [0.5, 0.6) is 5.75 Å². The van der Waals surface area contributed by atoms with Crippen LogP contribution in [0, 0.1) is 22.6 Å². The summed E-state index contributed by atoms with van der Waals surface area (Å²) >= 11 is 0. The van der Waals surface area contributed by atoms with Gasteiger partial charge in [-0.15, -0.1) is 0 Å². The lowest BCUT2D eigenvalue weighted by molar-refractivity contribution is 0.363. The van der Waals surface area contributed by atoms with E-state index in [0.717, 1.165) is 6.42 Å². The van der Waals surface area contributed by atoms with Gasteiger partial charge in [0.05, 0.1) is 6.07 Å². The van der Waals surface area contributed by atoms with Crippen LogP contribution in [-0.2, 0) is 0 Å². The van der Waals surface area contributed by atoms with E-state index in [-0.39, 0.29) is 11.2 Å². The van der Waals surface area contributed by atoms with E-state index >= 15 is 0 Å². The molecule has 1 aromatic carbocycles. The van der Waals surface area contributed by atoms with Crippen LogP contribution in [0.3, 0.4) is 0 Å². The maximum Gasteiger partial charge on any atom is 0.166 e. The molecule has 0 bridgehead atoms. The molecule has 0 atom stereocenters. The van der Waals surface area contributed by atoms with Crippen LogP contribution in [0.25, 0.3) is 0 Å². The largest absolute Gasteiger partial charge is 0.505 e. The second-order valence-corrected chi connectivity index (χ2v) is 4.84. The number of nitriles is 1. The Kier molecular flexibility index (Phi) is 4.33. The first-order chi connectivity index (χ1) is 7.94. The predicted octanol–water partition coefficient (Wildman–Crippen LogP) is 3.27. The molecule has 0 saturated heterocycles. The van der Waals surface area contributed by atoms with Gasteiger partial charge in [-0.2, -0.15) is 5.26 Å². The fraction of sp³-hybridized carbons (Fsp3) is 0.462. The topological polar surface area (TPSA) is 56.0 Å². The molecule has 0 amide bonds. The van der Waals surface area contributed by atoms with Gasteiger partial charge >= 0.3 is 0 Å². The van der Waals surface area contributed by atoms with Crippen LogP contribution >= 0.6 is 0 Å². The maximum atomic E-state index is 13.1. The number of halogens is 1. The normalized spacial score (nSPS) is 10.9. The fourth-order valence-electron chi connectivity index (χ4n) is 1.44. The minimum absolute atomic E-state index is 0.0237. The maximum absolute atomic E-state index is 13.1.